The Balaban J connectivity index is 2.43. The monoisotopic (exact) mass is 336 g/mol. The van der Waals surface area contributed by atoms with Gasteiger partial charge in [0, 0.05) is 12.3 Å². The molecule has 0 aliphatic rings. The zero-order valence-electron chi connectivity index (χ0n) is 10.0. The van der Waals surface area contributed by atoms with Gasteiger partial charge in [0.1, 0.15) is 16.1 Å². The van der Waals surface area contributed by atoms with E-state index in [4.69, 9.17) is 15.9 Å². The topological polar surface area (TPSA) is 115 Å². The molecule has 0 aliphatic carbocycles. The second kappa shape index (κ2) is 5.66. The highest BCUT2D eigenvalue weighted by Crippen LogP contribution is 2.36. The molecule has 1 aromatic carbocycles. The maximum absolute atomic E-state index is 10.9. The van der Waals surface area contributed by atoms with Gasteiger partial charge in [-0.05, 0) is 28.1 Å². The van der Waals surface area contributed by atoms with Crippen LogP contribution in [0.1, 0.15) is 5.56 Å². The summed E-state index contributed by atoms with van der Waals surface area (Å²) in [5, 5.41) is 18.3. The van der Waals surface area contributed by atoms with Gasteiger partial charge in [-0.2, -0.15) is 0 Å². The fraction of sp³-hybridized carbons (Fsp3) is 0. The lowest BCUT2D eigenvalue weighted by molar-refractivity contribution is -0.385. The van der Waals surface area contributed by atoms with E-state index in [1.54, 1.807) is 6.07 Å². The summed E-state index contributed by atoms with van der Waals surface area (Å²) < 4.78 is 5.77. The standard InChI is InChI=1S/C12H9BrN4O3/c13-11-8(17(18)19)2-1-3-9(11)20-10-6-16-5-4-7(10)12(14)15/h1-6H,(H3,14,15). The molecule has 0 atom stereocenters. The van der Waals surface area contributed by atoms with Gasteiger partial charge in [0.25, 0.3) is 5.69 Å². The number of rotatable bonds is 4. The van der Waals surface area contributed by atoms with E-state index in [1.165, 1.54) is 30.6 Å². The van der Waals surface area contributed by atoms with Crippen molar-refractivity contribution < 1.29 is 9.66 Å². The molecule has 2 rings (SSSR count). The molecule has 0 spiro atoms. The highest BCUT2D eigenvalue weighted by molar-refractivity contribution is 9.10. The van der Waals surface area contributed by atoms with Gasteiger partial charge in [0.2, 0.25) is 0 Å². The van der Waals surface area contributed by atoms with Crippen molar-refractivity contribution in [1.82, 2.24) is 4.98 Å². The lowest BCUT2D eigenvalue weighted by atomic mass is 10.2. The van der Waals surface area contributed by atoms with E-state index in [-0.39, 0.29) is 27.5 Å². The Hall–Kier alpha value is -2.48. The number of nitrogens with one attached hydrogen (secondary N) is 1. The molecule has 8 heteroatoms. The van der Waals surface area contributed by atoms with Gasteiger partial charge in [-0.15, -0.1) is 0 Å². The molecule has 2 aromatic rings. The number of halogens is 1. The van der Waals surface area contributed by atoms with Crippen LogP contribution in [0.2, 0.25) is 0 Å². The fourth-order valence-corrected chi connectivity index (χ4v) is 2.01. The summed E-state index contributed by atoms with van der Waals surface area (Å²) in [5.41, 5.74) is 5.68. The van der Waals surface area contributed by atoms with E-state index in [2.05, 4.69) is 20.9 Å². The molecule has 0 fully saturated rings. The lowest BCUT2D eigenvalue weighted by Gasteiger charge is -2.10. The summed E-state index contributed by atoms with van der Waals surface area (Å²) in [6.45, 7) is 0. The third-order valence-corrected chi connectivity index (χ3v) is 3.23. The van der Waals surface area contributed by atoms with E-state index in [9.17, 15) is 10.1 Å². The van der Waals surface area contributed by atoms with Crippen molar-refractivity contribution in [2.45, 2.75) is 0 Å². The minimum atomic E-state index is -0.522. The van der Waals surface area contributed by atoms with Crippen LogP contribution >= 0.6 is 15.9 Å². The van der Waals surface area contributed by atoms with E-state index >= 15 is 0 Å². The Morgan fingerprint density at radius 2 is 2.15 bits per heavy atom. The zero-order valence-corrected chi connectivity index (χ0v) is 11.6. The Morgan fingerprint density at radius 1 is 1.40 bits per heavy atom. The quantitative estimate of drug-likeness (QED) is 0.385. The predicted molar refractivity (Wildman–Crippen MR) is 76.1 cm³/mol. The summed E-state index contributed by atoms with van der Waals surface area (Å²) in [4.78, 5) is 14.2. The van der Waals surface area contributed by atoms with Crippen LogP contribution in [0.5, 0.6) is 11.5 Å². The normalized spacial score (nSPS) is 10.1. The Bertz CT molecular complexity index is 690. The first-order chi connectivity index (χ1) is 9.50. The number of nitrogen functional groups attached to an aromatic ring is 1. The average Bonchev–Trinajstić information content (AvgIpc) is 2.41. The molecule has 0 bridgehead atoms. The number of nitro groups is 1. The Morgan fingerprint density at radius 3 is 2.80 bits per heavy atom. The van der Waals surface area contributed by atoms with Gasteiger partial charge in [-0.1, -0.05) is 6.07 Å². The number of aromatic nitrogens is 1. The summed E-state index contributed by atoms with van der Waals surface area (Å²) in [6.07, 6.45) is 2.87. The fourth-order valence-electron chi connectivity index (χ4n) is 1.52. The van der Waals surface area contributed by atoms with Crippen LogP contribution in [0.15, 0.2) is 41.1 Å². The molecule has 0 saturated carbocycles. The highest BCUT2D eigenvalue weighted by atomic mass is 79.9. The number of pyridine rings is 1. The van der Waals surface area contributed by atoms with Crippen LogP contribution in [-0.4, -0.2) is 15.7 Å². The Kier molecular flexibility index (Phi) is 3.94. The van der Waals surface area contributed by atoms with Crippen molar-refractivity contribution in [3.05, 3.63) is 56.8 Å². The van der Waals surface area contributed by atoms with Crippen LogP contribution in [0.4, 0.5) is 5.69 Å². The van der Waals surface area contributed by atoms with Crippen molar-refractivity contribution in [3.8, 4) is 11.5 Å². The summed E-state index contributed by atoms with van der Waals surface area (Å²) in [7, 11) is 0. The number of hydrogen-bond acceptors (Lipinski definition) is 5. The van der Waals surface area contributed by atoms with Crippen LogP contribution in [0.25, 0.3) is 0 Å². The number of nitrogens with zero attached hydrogens (tertiary/aromatic N) is 2. The molecule has 1 aromatic heterocycles. The summed E-state index contributed by atoms with van der Waals surface area (Å²) in [5.74, 6) is 0.319. The predicted octanol–water partition coefficient (Wildman–Crippen LogP) is 2.83. The maximum Gasteiger partial charge on any atom is 0.287 e. The second-order valence-electron chi connectivity index (χ2n) is 3.73. The maximum atomic E-state index is 10.9. The molecule has 102 valence electrons. The molecule has 7 nitrogen and oxygen atoms in total. The van der Waals surface area contributed by atoms with E-state index in [0.717, 1.165) is 0 Å². The van der Waals surface area contributed by atoms with Crippen molar-refractivity contribution in [2.24, 2.45) is 5.73 Å². The zero-order chi connectivity index (χ0) is 14.7. The number of amidine groups is 1. The number of nitrogens with two attached hydrogens (primary N) is 1. The molecule has 0 unspecified atom stereocenters. The van der Waals surface area contributed by atoms with Crippen LogP contribution in [0, 0.1) is 15.5 Å². The van der Waals surface area contributed by atoms with Gasteiger partial charge < -0.3 is 10.5 Å². The van der Waals surface area contributed by atoms with Crippen molar-refractivity contribution in [2.75, 3.05) is 0 Å². The molecule has 0 aliphatic heterocycles. The van der Waals surface area contributed by atoms with Crippen molar-refractivity contribution in [1.29, 1.82) is 5.41 Å². The average molecular weight is 337 g/mol. The van der Waals surface area contributed by atoms with E-state index in [1.807, 2.05) is 0 Å². The summed E-state index contributed by atoms with van der Waals surface area (Å²) >= 11 is 3.13. The van der Waals surface area contributed by atoms with Crippen LogP contribution in [-0.2, 0) is 0 Å². The first-order valence-electron chi connectivity index (χ1n) is 5.40. The third-order valence-electron chi connectivity index (χ3n) is 2.43. The van der Waals surface area contributed by atoms with Gasteiger partial charge in [0.15, 0.2) is 5.75 Å². The molecule has 0 amide bonds. The first-order valence-corrected chi connectivity index (χ1v) is 6.19. The molecular formula is C12H9BrN4O3. The van der Waals surface area contributed by atoms with Crippen LogP contribution in [0.3, 0.4) is 0 Å². The SMILES string of the molecule is N=C(N)c1ccncc1Oc1cccc([N+](=O)[O-])c1Br. The van der Waals surface area contributed by atoms with Gasteiger partial charge in [-0.3, -0.25) is 20.5 Å². The lowest BCUT2D eigenvalue weighted by Crippen LogP contribution is -2.12. The molecule has 0 radical (unpaired) electrons. The van der Waals surface area contributed by atoms with Gasteiger partial charge in [-0.25, -0.2) is 0 Å². The highest BCUT2D eigenvalue weighted by Gasteiger charge is 2.17. The number of nitro benzene ring substituents is 1. The van der Waals surface area contributed by atoms with Crippen molar-refractivity contribution in [3.63, 3.8) is 0 Å². The largest absolute Gasteiger partial charge is 0.454 e. The molecule has 0 saturated heterocycles. The summed E-state index contributed by atoms with van der Waals surface area (Å²) in [6, 6.07) is 5.95. The minimum absolute atomic E-state index is 0.115. The Labute approximate surface area is 122 Å². The number of benzene rings is 1. The third kappa shape index (κ3) is 2.75. The number of hydrogen-bond donors (Lipinski definition) is 2. The van der Waals surface area contributed by atoms with Crippen LogP contribution < -0.4 is 10.5 Å². The smallest absolute Gasteiger partial charge is 0.287 e. The molecule has 3 N–H and O–H groups in total. The second-order valence-corrected chi connectivity index (χ2v) is 4.53. The van der Waals surface area contributed by atoms with Gasteiger partial charge in [0.05, 0.1) is 16.7 Å². The number of ether oxygens (including phenoxy) is 1. The minimum Gasteiger partial charge on any atom is -0.454 e. The van der Waals surface area contributed by atoms with Gasteiger partial charge >= 0.3 is 0 Å². The first kappa shape index (κ1) is 13.9. The van der Waals surface area contributed by atoms with Crippen molar-refractivity contribution >= 4 is 27.5 Å². The molecular weight excluding hydrogens is 328 g/mol. The van der Waals surface area contributed by atoms with E-state index < -0.39 is 4.92 Å². The molecule has 20 heavy (non-hydrogen) atoms. The molecule has 1 heterocycles. The van der Waals surface area contributed by atoms with E-state index in [0.29, 0.717) is 5.56 Å².